The molecule has 116 valence electrons. The molecule has 1 aliphatic carbocycles. The van der Waals surface area contributed by atoms with E-state index in [0.29, 0.717) is 6.54 Å². The Morgan fingerprint density at radius 1 is 1.19 bits per heavy atom. The Morgan fingerprint density at radius 2 is 1.95 bits per heavy atom. The van der Waals surface area contributed by atoms with E-state index < -0.39 is 0 Å². The van der Waals surface area contributed by atoms with Crippen molar-refractivity contribution in [3.63, 3.8) is 0 Å². The van der Waals surface area contributed by atoms with Gasteiger partial charge in [0.15, 0.2) is 5.11 Å². The number of rotatable bonds is 3. The Hall–Kier alpha value is -1.07. The van der Waals surface area contributed by atoms with Crippen molar-refractivity contribution in [2.45, 2.75) is 44.7 Å². The standard InChI is InChI=1S/C16H25N3OS/c21-16(17-13-15-7-4-12-20-15)19-10-8-18(9-11-19)14-5-2-1-3-6-14/h4,7,12,14H,1-3,5-6,8-11,13H2,(H,17,21). The van der Waals surface area contributed by atoms with Gasteiger partial charge in [0.25, 0.3) is 0 Å². The van der Waals surface area contributed by atoms with Crippen molar-refractivity contribution in [3.05, 3.63) is 24.2 Å². The van der Waals surface area contributed by atoms with Gasteiger partial charge in [-0.1, -0.05) is 19.3 Å². The van der Waals surface area contributed by atoms with Crippen molar-refractivity contribution in [3.8, 4) is 0 Å². The van der Waals surface area contributed by atoms with Crippen LogP contribution in [0.2, 0.25) is 0 Å². The van der Waals surface area contributed by atoms with E-state index in [1.165, 1.54) is 32.1 Å². The molecular formula is C16H25N3OS. The molecule has 0 bridgehead atoms. The maximum atomic E-state index is 5.50. The average molecular weight is 307 g/mol. The molecule has 0 unspecified atom stereocenters. The van der Waals surface area contributed by atoms with Crippen LogP contribution in [0.1, 0.15) is 37.9 Å². The van der Waals surface area contributed by atoms with E-state index in [9.17, 15) is 0 Å². The fourth-order valence-electron chi connectivity index (χ4n) is 3.42. The Labute approximate surface area is 132 Å². The molecule has 21 heavy (non-hydrogen) atoms. The fourth-order valence-corrected chi connectivity index (χ4v) is 3.68. The summed E-state index contributed by atoms with van der Waals surface area (Å²) in [5.41, 5.74) is 0. The first-order valence-electron chi connectivity index (χ1n) is 8.12. The van der Waals surface area contributed by atoms with Gasteiger partial charge in [-0.25, -0.2) is 0 Å². The monoisotopic (exact) mass is 307 g/mol. The SMILES string of the molecule is S=C(NCc1ccco1)N1CCN(C2CCCCC2)CC1. The number of furan rings is 1. The van der Waals surface area contributed by atoms with Crippen LogP contribution in [0.15, 0.2) is 22.8 Å². The van der Waals surface area contributed by atoms with Gasteiger partial charge in [-0.2, -0.15) is 0 Å². The summed E-state index contributed by atoms with van der Waals surface area (Å²) in [4.78, 5) is 4.96. The van der Waals surface area contributed by atoms with Crippen molar-refractivity contribution < 1.29 is 4.42 Å². The van der Waals surface area contributed by atoms with Crippen LogP contribution in [-0.2, 0) is 6.54 Å². The summed E-state index contributed by atoms with van der Waals surface area (Å²) in [6.07, 6.45) is 8.73. The van der Waals surface area contributed by atoms with Gasteiger partial charge in [-0.3, -0.25) is 4.90 Å². The van der Waals surface area contributed by atoms with Crippen molar-refractivity contribution in [1.29, 1.82) is 0 Å². The number of nitrogens with one attached hydrogen (secondary N) is 1. The van der Waals surface area contributed by atoms with Crippen LogP contribution < -0.4 is 5.32 Å². The second-order valence-electron chi connectivity index (χ2n) is 6.05. The Morgan fingerprint density at radius 3 is 2.62 bits per heavy atom. The smallest absolute Gasteiger partial charge is 0.169 e. The molecule has 3 rings (SSSR count). The molecular weight excluding hydrogens is 282 g/mol. The van der Waals surface area contributed by atoms with Gasteiger partial charge in [-0.15, -0.1) is 0 Å². The Kier molecular flexibility index (Phi) is 5.14. The first-order valence-corrected chi connectivity index (χ1v) is 8.53. The molecule has 0 amide bonds. The van der Waals surface area contributed by atoms with Gasteiger partial charge in [0, 0.05) is 32.2 Å². The first-order chi connectivity index (χ1) is 10.3. The van der Waals surface area contributed by atoms with Gasteiger partial charge in [0.1, 0.15) is 5.76 Å². The maximum Gasteiger partial charge on any atom is 0.169 e. The van der Waals surface area contributed by atoms with E-state index in [0.717, 1.165) is 43.1 Å². The fraction of sp³-hybridized carbons (Fsp3) is 0.688. The molecule has 0 atom stereocenters. The minimum atomic E-state index is 0.675. The largest absolute Gasteiger partial charge is 0.467 e. The summed E-state index contributed by atoms with van der Waals surface area (Å²) >= 11 is 5.50. The molecule has 1 saturated carbocycles. The van der Waals surface area contributed by atoms with Crippen LogP contribution in [0.4, 0.5) is 0 Å². The third-order valence-corrected chi connectivity index (χ3v) is 5.09. The van der Waals surface area contributed by atoms with Crippen molar-refractivity contribution in [2.75, 3.05) is 26.2 Å². The van der Waals surface area contributed by atoms with Crippen LogP contribution >= 0.6 is 12.2 Å². The number of hydrogen-bond donors (Lipinski definition) is 1. The van der Waals surface area contributed by atoms with Gasteiger partial charge in [0.05, 0.1) is 12.8 Å². The predicted octanol–water partition coefficient (Wildman–Crippen LogP) is 2.60. The minimum Gasteiger partial charge on any atom is -0.467 e. The second kappa shape index (κ2) is 7.27. The van der Waals surface area contributed by atoms with E-state index in [4.69, 9.17) is 16.6 Å². The van der Waals surface area contributed by atoms with Crippen LogP contribution in [0, 0.1) is 0 Å². The zero-order valence-electron chi connectivity index (χ0n) is 12.6. The van der Waals surface area contributed by atoms with E-state index >= 15 is 0 Å². The number of hydrogen-bond acceptors (Lipinski definition) is 3. The van der Waals surface area contributed by atoms with Gasteiger partial charge < -0.3 is 14.6 Å². The van der Waals surface area contributed by atoms with E-state index in [1.807, 2.05) is 12.1 Å². The van der Waals surface area contributed by atoms with E-state index in [1.54, 1.807) is 6.26 Å². The molecule has 4 nitrogen and oxygen atoms in total. The van der Waals surface area contributed by atoms with Crippen LogP contribution in [0.25, 0.3) is 0 Å². The molecule has 5 heteroatoms. The highest BCUT2D eigenvalue weighted by Gasteiger charge is 2.25. The molecule has 1 N–H and O–H groups in total. The normalized spacial score (nSPS) is 21.4. The summed E-state index contributed by atoms with van der Waals surface area (Å²) in [6.45, 7) is 5.05. The number of nitrogens with zero attached hydrogens (tertiary/aromatic N) is 2. The van der Waals surface area contributed by atoms with Gasteiger partial charge in [-0.05, 0) is 37.2 Å². The summed E-state index contributed by atoms with van der Waals surface area (Å²) in [5, 5.41) is 4.15. The molecule has 2 heterocycles. The lowest BCUT2D eigenvalue weighted by Gasteiger charge is -2.41. The summed E-state index contributed by atoms with van der Waals surface area (Å²) in [6, 6.07) is 4.70. The molecule has 2 aliphatic rings. The zero-order valence-corrected chi connectivity index (χ0v) is 13.4. The van der Waals surface area contributed by atoms with Crippen molar-refractivity contribution in [2.24, 2.45) is 0 Å². The highest BCUT2D eigenvalue weighted by Crippen LogP contribution is 2.23. The summed E-state index contributed by atoms with van der Waals surface area (Å²) < 4.78 is 5.32. The van der Waals surface area contributed by atoms with Gasteiger partial charge in [0.2, 0.25) is 0 Å². The average Bonchev–Trinajstić information content (AvgIpc) is 3.07. The summed E-state index contributed by atoms with van der Waals surface area (Å²) in [7, 11) is 0. The third kappa shape index (κ3) is 3.98. The van der Waals surface area contributed by atoms with Crippen molar-refractivity contribution in [1.82, 2.24) is 15.1 Å². The highest BCUT2D eigenvalue weighted by atomic mass is 32.1. The van der Waals surface area contributed by atoms with Crippen LogP contribution in [0.5, 0.6) is 0 Å². The lowest BCUT2D eigenvalue weighted by atomic mass is 9.94. The lowest BCUT2D eigenvalue weighted by Crippen LogP contribution is -2.54. The number of piperazine rings is 1. The molecule has 1 aliphatic heterocycles. The highest BCUT2D eigenvalue weighted by molar-refractivity contribution is 7.80. The van der Waals surface area contributed by atoms with Crippen molar-refractivity contribution >= 4 is 17.3 Å². The van der Waals surface area contributed by atoms with Crippen LogP contribution in [-0.4, -0.2) is 47.1 Å². The lowest BCUT2D eigenvalue weighted by molar-refractivity contribution is 0.107. The second-order valence-corrected chi connectivity index (χ2v) is 6.44. The Balaban J connectivity index is 1.41. The maximum absolute atomic E-state index is 5.50. The minimum absolute atomic E-state index is 0.675. The third-order valence-electron chi connectivity index (χ3n) is 4.69. The van der Waals surface area contributed by atoms with E-state index in [-0.39, 0.29) is 0 Å². The van der Waals surface area contributed by atoms with Crippen LogP contribution in [0.3, 0.4) is 0 Å². The molecule has 0 spiro atoms. The quantitative estimate of drug-likeness (QED) is 0.868. The predicted molar refractivity (Wildman–Crippen MR) is 88.2 cm³/mol. The Bertz CT molecular complexity index is 434. The van der Waals surface area contributed by atoms with Gasteiger partial charge >= 0.3 is 0 Å². The van der Waals surface area contributed by atoms with E-state index in [2.05, 4.69) is 15.1 Å². The zero-order chi connectivity index (χ0) is 14.5. The molecule has 0 aromatic carbocycles. The molecule has 0 radical (unpaired) electrons. The summed E-state index contributed by atoms with van der Waals surface area (Å²) in [5.74, 6) is 0.929. The first kappa shape index (κ1) is 14.9. The molecule has 1 saturated heterocycles. The molecule has 2 fully saturated rings. The molecule has 1 aromatic rings. The number of thiocarbonyl (C=S) groups is 1. The molecule has 1 aromatic heterocycles. The topological polar surface area (TPSA) is 31.7 Å².